The fourth-order valence-electron chi connectivity index (χ4n) is 7.66. The van der Waals surface area contributed by atoms with Crippen LogP contribution in [0.15, 0.2) is 60.8 Å². The Balaban J connectivity index is 1.00. The van der Waals surface area contributed by atoms with Crippen LogP contribution in [0.5, 0.6) is 0 Å². The van der Waals surface area contributed by atoms with Gasteiger partial charge in [0, 0.05) is 39.2 Å². The van der Waals surface area contributed by atoms with Crippen LogP contribution in [0.4, 0.5) is 0 Å². The number of aliphatic hydroxyl groups excluding tert-OH is 1. The summed E-state index contributed by atoms with van der Waals surface area (Å²) in [5, 5.41) is 13.5. The summed E-state index contributed by atoms with van der Waals surface area (Å²) in [4.78, 5) is 21.9. The minimum atomic E-state index is -0.726. The summed E-state index contributed by atoms with van der Waals surface area (Å²) in [7, 11) is 0. The van der Waals surface area contributed by atoms with Gasteiger partial charge < -0.3 is 43.6 Å². The van der Waals surface area contributed by atoms with Crippen LogP contribution in [0, 0.1) is 0 Å². The first-order valence-electron chi connectivity index (χ1n) is 16.1. The molecule has 0 saturated carbocycles. The third-order valence-electron chi connectivity index (χ3n) is 9.97. The molecule has 0 radical (unpaired) electrons. The Labute approximate surface area is 263 Å². The summed E-state index contributed by atoms with van der Waals surface area (Å²) in [6.45, 7) is 3.78. The summed E-state index contributed by atoms with van der Waals surface area (Å²) in [5.41, 5.74) is -0.592. The van der Waals surface area contributed by atoms with Gasteiger partial charge in [-0.3, -0.25) is 9.59 Å². The number of allylic oxidation sites excluding steroid dienone is 3. The fourth-order valence-corrected chi connectivity index (χ4v) is 7.66. The fraction of sp³-hybridized carbons (Fsp3) is 0.647. The Bertz CT molecular complexity index is 1260. The maximum absolute atomic E-state index is 11.4. The molecule has 0 spiro atoms. The van der Waals surface area contributed by atoms with E-state index in [1.165, 1.54) is 13.0 Å². The highest BCUT2D eigenvalue weighted by atomic mass is 16.6. The number of nitrogens with one attached hydrogen (secondary N) is 1. The van der Waals surface area contributed by atoms with Crippen LogP contribution in [0.25, 0.3) is 0 Å². The average molecular weight is 626 g/mol. The van der Waals surface area contributed by atoms with E-state index < -0.39 is 17.8 Å². The largest absolute Gasteiger partial charge is 0.390 e. The summed E-state index contributed by atoms with van der Waals surface area (Å²) in [6.07, 6.45) is 18.1. The maximum atomic E-state index is 11.4. The van der Waals surface area contributed by atoms with Crippen LogP contribution in [-0.4, -0.2) is 115 Å². The quantitative estimate of drug-likeness (QED) is 0.202. The van der Waals surface area contributed by atoms with Gasteiger partial charge in [0.05, 0.1) is 54.4 Å². The molecule has 4 fully saturated rings. The number of amides is 1. The molecule has 4 saturated heterocycles. The van der Waals surface area contributed by atoms with Gasteiger partial charge in [0.2, 0.25) is 5.91 Å². The van der Waals surface area contributed by atoms with Crippen molar-refractivity contribution in [3.05, 3.63) is 60.8 Å². The highest BCUT2D eigenvalue weighted by Gasteiger charge is 2.56. The molecule has 7 heterocycles. The molecular formula is C34H43NO10. The molecule has 1 amide bonds. The number of rotatable bonds is 5. The lowest BCUT2D eigenvalue weighted by molar-refractivity contribution is -0.314. The minimum absolute atomic E-state index is 0.156. The minimum Gasteiger partial charge on any atom is -0.390 e. The van der Waals surface area contributed by atoms with E-state index >= 15 is 0 Å². The molecule has 7 aliphatic heterocycles. The van der Waals surface area contributed by atoms with Crippen molar-refractivity contribution < 1.29 is 47.9 Å². The van der Waals surface area contributed by atoms with Gasteiger partial charge in [0.15, 0.2) is 0 Å². The van der Waals surface area contributed by atoms with E-state index in [0.29, 0.717) is 25.7 Å². The molecule has 11 nitrogen and oxygen atoms in total. The Kier molecular flexibility index (Phi) is 8.97. The Morgan fingerprint density at radius 2 is 1.49 bits per heavy atom. The molecule has 0 aromatic heterocycles. The molecule has 0 aromatic carbocycles. The molecule has 7 aliphatic rings. The van der Waals surface area contributed by atoms with Crippen molar-refractivity contribution in [3.63, 3.8) is 0 Å². The van der Waals surface area contributed by atoms with Crippen molar-refractivity contribution in [1.82, 2.24) is 5.32 Å². The van der Waals surface area contributed by atoms with Crippen molar-refractivity contribution in [2.75, 3.05) is 6.54 Å². The predicted molar refractivity (Wildman–Crippen MR) is 160 cm³/mol. The van der Waals surface area contributed by atoms with E-state index in [0.717, 1.165) is 6.29 Å². The zero-order valence-electron chi connectivity index (χ0n) is 25.6. The number of ether oxygens (including phenoxy) is 7. The first kappa shape index (κ1) is 31.1. The molecule has 2 N–H and O–H groups in total. The highest BCUT2D eigenvalue weighted by Crippen LogP contribution is 2.46. The number of aliphatic hydroxyl groups is 1. The predicted octanol–water partition coefficient (Wildman–Crippen LogP) is 1.79. The second-order valence-electron chi connectivity index (χ2n) is 13.2. The van der Waals surface area contributed by atoms with E-state index in [1.54, 1.807) is 12.2 Å². The van der Waals surface area contributed by atoms with E-state index in [9.17, 15) is 14.7 Å². The Morgan fingerprint density at radius 1 is 0.778 bits per heavy atom. The third-order valence-corrected chi connectivity index (χ3v) is 9.97. The molecule has 15 atom stereocenters. The van der Waals surface area contributed by atoms with Crippen molar-refractivity contribution in [2.24, 2.45) is 0 Å². The Hall–Kier alpha value is -2.48. The van der Waals surface area contributed by atoms with Crippen LogP contribution < -0.4 is 5.32 Å². The van der Waals surface area contributed by atoms with E-state index in [-0.39, 0.29) is 85.7 Å². The van der Waals surface area contributed by atoms with Crippen LogP contribution in [-0.2, 0) is 42.7 Å². The van der Waals surface area contributed by atoms with Crippen molar-refractivity contribution in [3.8, 4) is 0 Å². The lowest BCUT2D eigenvalue weighted by Gasteiger charge is -2.55. The topological polar surface area (TPSA) is 131 Å². The number of aldehydes is 1. The zero-order chi connectivity index (χ0) is 31.1. The number of hydrogen-bond donors (Lipinski definition) is 2. The summed E-state index contributed by atoms with van der Waals surface area (Å²) >= 11 is 0. The first-order chi connectivity index (χ1) is 21.8. The van der Waals surface area contributed by atoms with Crippen LogP contribution in [0.1, 0.15) is 39.5 Å². The normalized spacial score (nSPS) is 48.6. The number of carbonyl (C=O) groups excluding carboxylic acids is 2. The molecule has 0 bridgehead atoms. The molecule has 0 aliphatic carbocycles. The van der Waals surface area contributed by atoms with Gasteiger partial charge in [-0.2, -0.15) is 0 Å². The summed E-state index contributed by atoms with van der Waals surface area (Å²) < 4.78 is 45.6. The van der Waals surface area contributed by atoms with E-state index in [2.05, 4.69) is 24.4 Å². The molecule has 244 valence electrons. The highest BCUT2D eigenvalue weighted by molar-refractivity contribution is 5.72. The standard InChI is InChI=1S/C34H43NO10/c1-19(37)35-18-32-21(38)14-27-31(43-32)17-34(2)33(44-27)16-30-26(45-34)12-11-25-29(42-30)15-28-24(40-25)10-9-22-23(41-28)8-7-20(39-22)6-4-3-5-13-36/h3-13,20-33,38H,14-18H2,1-2H3,(H,35,37)/b5-3+,6-4+/t20-,21-,22+,23-,24-,25+,26-,27+,28+,29-,30+,31-,32+,33-,34+/m1/s1. The third kappa shape index (κ3) is 6.55. The molecule has 7 rings (SSSR count). The monoisotopic (exact) mass is 625 g/mol. The lowest BCUT2D eigenvalue weighted by Crippen LogP contribution is -2.65. The molecule has 11 heteroatoms. The van der Waals surface area contributed by atoms with E-state index in [1.807, 2.05) is 30.4 Å². The number of fused-ring (bicyclic) bond motifs is 6. The molecule has 45 heavy (non-hydrogen) atoms. The van der Waals surface area contributed by atoms with Gasteiger partial charge in [-0.05, 0) is 13.0 Å². The first-order valence-corrected chi connectivity index (χ1v) is 16.1. The van der Waals surface area contributed by atoms with Crippen molar-refractivity contribution >= 4 is 12.2 Å². The Morgan fingerprint density at radius 3 is 2.29 bits per heavy atom. The lowest BCUT2D eigenvalue weighted by atomic mass is 9.78. The second kappa shape index (κ2) is 13.0. The van der Waals surface area contributed by atoms with Crippen LogP contribution in [0.3, 0.4) is 0 Å². The molecule has 0 aromatic rings. The number of carbonyl (C=O) groups is 2. The smallest absolute Gasteiger partial charge is 0.216 e. The SMILES string of the molecule is CC(=O)NC[C@@H]1O[C@@H]2C[C@]3(C)O[C@@H]4C=C[C@@H]5O[C@@H]6C=C[C@@H]7O[C@H](/C=C/C=C/C=O)C=C[C@H]7O[C@H]6C[C@H]5O[C@H]4C[C@H]3O[C@H]2C[C@H]1O. The zero-order valence-corrected chi connectivity index (χ0v) is 25.6. The average Bonchev–Trinajstić information content (AvgIpc) is 3.29. The molecular weight excluding hydrogens is 582 g/mol. The van der Waals surface area contributed by atoms with Crippen molar-refractivity contribution in [1.29, 1.82) is 0 Å². The molecule has 0 unspecified atom stereocenters. The van der Waals surface area contributed by atoms with Crippen molar-refractivity contribution in [2.45, 2.75) is 131 Å². The second-order valence-corrected chi connectivity index (χ2v) is 13.2. The van der Waals surface area contributed by atoms with E-state index in [4.69, 9.17) is 33.2 Å². The maximum Gasteiger partial charge on any atom is 0.216 e. The summed E-state index contributed by atoms with van der Waals surface area (Å²) in [6, 6.07) is 0. The summed E-state index contributed by atoms with van der Waals surface area (Å²) in [5.74, 6) is -0.156. The van der Waals surface area contributed by atoms with Gasteiger partial charge in [-0.1, -0.05) is 54.7 Å². The van der Waals surface area contributed by atoms with Gasteiger partial charge in [0.1, 0.15) is 42.9 Å². The van der Waals surface area contributed by atoms with Gasteiger partial charge in [0.25, 0.3) is 0 Å². The van der Waals surface area contributed by atoms with Crippen LogP contribution in [0.2, 0.25) is 0 Å². The number of hydrogen-bond acceptors (Lipinski definition) is 10. The van der Waals surface area contributed by atoms with Gasteiger partial charge in [-0.25, -0.2) is 0 Å². The van der Waals surface area contributed by atoms with Gasteiger partial charge in [-0.15, -0.1) is 0 Å². The van der Waals surface area contributed by atoms with Crippen LogP contribution >= 0.6 is 0 Å². The van der Waals surface area contributed by atoms with Gasteiger partial charge >= 0.3 is 0 Å².